The van der Waals surface area contributed by atoms with Crippen molar-refractivity contribution in [3.63, 3.8) is 0 Å². The normalized spacial score (nSPS) is 12.2. The molecule has 1 rings (SSSR count). The molecular formula is C16H25NO2. The van der Waals surface area contributed by atoms with E-state index in [1.165, 1.54) is 16.7 Å². The minimum atomic E-state index is 0.0870. The fraction of sp³-hybridized carbons (Fsp3) is 0.562. The largest absolute Gasteiger partial charge is 0.396 e. The summed E-state index contributed by atoms with van der Waals surface area (Å²) in [6, 6.07) is 6.41. The van der Waals surface area contributed by atoms with Crippen LogP contribution in [-0.2, 0) is 11.2 Å². The number of nitrogens with one attached hydrogen (secondary N) is 1. The highest BCUT2D eigenvalue weighted by Gasteiger charge is 2.06. The van der Waals surface area contributed by atoms with Crippen LogP contribution in [0.4, 0.5) is 0 Å². The van der Waals surface area contributed by atoms with Gasteiger partial charge in [0.05, 0.1) is 0 Å². The Kier molecular flexibility index (Phi) is 6.57. The Labute approximate surface area is 116 Å². The summed E-state index contributed by atoms with van der Waals surface area (Å²) >= 11 is 0. The molecule has 2 N–H and O–H groups in total. The molecule has 1 aromatic rings. The second-order valence-corrected chi connectivity index (χ2v) is 5.42. The van der Waals surface area contributed by atoms with Crippen molar-refractivity contribution in [3.8, 4) is 0 Å². The van der Waals surface area contributed by atoms with E-state index < -0.39 is 0 Å². The maximum atomic E-state index is 11.7. The topological polar surface area (TPSA) is 49.3 Å². The molecule has 3 heteroatoms. The van der Waals surface area contributed by atoms with Crippen LogP contribution in [0.15, 0.2) is 18.2 Å². The Morgan fingerprint density at radius 2 is 1.89 bits per heavy atom. The van der Waals surface area contributed by atoms with Crippen LogP contribution in [0.5, 0.6) is 0 Å². The molecule has 0 radical (unpaired) electrons. The lowest BCUT2D eigenvalue weighted by molar-refractivity contribution is -0.121. The molecule has 1 unspecified atom stereocenters. The average molecular weight is 263 g/mol. The summed E-state index contributed by atoms with van der Waals surface area (Å²) in [7, 11) is 0. The summed E-state index contributed by atoms with van der Waals surface area (Å²) < 4.78 is 0. The van der Waals surface area contributed by atoms with Crippen LogP contribution in [-0.4, -0.2) is 24.2 Å². The van der Waals surface area contributed by atoms with Crippen molar-refractivity contribution in [3.05, 3.63) is 34.9 Å². The summed E-state index contributed by atoms with van der Waals surface area (Å²) in [5.74, 6) is 0.416. The van der Waals surface area contributed by atoms with E-state index in [1.807, 2.05) is 6.92 Å². The van der Waals surface area contributed by atoms with Gasteiger partial charge < -0.3 is 10.4 Å². The van der Waals surface area contributed by atoms with Crippen LogP contribution < -0.4 is 5.32 Å². The standard InChI is InChI=1S/C16H25NO2/c1-12(6-7-18)11-17-16(19)5-4-15-9-13(2)8-14(3)10-15/h8-10,12,18H,4-7,11H2,1-3H3,(H,17,19). The van der Waals surface area contributed by atoms with Crippen molar-refractivity contribution in [1.29, 1.82) is 0 Å². The maximum absolute atomic E-state index is 11.7. The van der Waals surface area contributed by atoms with E-state index in [9.17, 15) is 4.79 Å². The van der Waals surface area contributed by atoms with Crippen molar-refractivity contribution < 1.29 is 9.90 Å². The van der Waals surface area contributed by atoms with Gasteiger partial charge in [0, 0.05) is 19.6 Å². The van der Waals surface area contributed by atoms with E-state index in [0.717, 1.165) is 12.8 Å². The molecule has 0 aliphatic carbocycles. The fourth-order valence-corrected chi connectivity index (χ4v) is 2.17. The van der Waals surface area contributed by atoms with Crippen molar-refractivity contribution >= 4 is 5.91 Å². The lowest BCUT2D eigenvalue weighted by atomic mass is 10.0. The zero-order chi connectivity index (χ0) is 14.3. The van der Waals surface area contributed by atoms with Gasteiger partial charge in [-0.25, -0.2) is 0 Å². The molecule has 0 bridgehead atoms. The number of benzene rings is 1. The zero-order valence-electron chi connectivity index (χ0n) is 12.2. The third-order valence-electron chi connectivity index (χ3n) is 3.19. The van der Waals surface area contributed by atoms with Crippen LogP contribution >= 0.6 is 0 Å². The monoisotopic (exact) mass is 263 g/mol. The predicted molar refractivity (Wildman–Crippen MR) is 78.1 cm³/mol. The molecule has 0 aliphatic heterocycles. The number of hydrogen-bond acceptors (Lipinski definition) is 2. The van der Waals surface area contributed by atoms with Crippen LogP contribution in [0.1, 0.15) is 36.5 Å². The fourth-order valence-electron chi connectivity index (χ4n) is 2.17. The van der Waals surface area contributed by atoms with Gasteiger partial charge in [0.15, 0.2) is 0 Å². The summed E-state index contributed by atoms with van der Waals surface area (Å²) in [5.41, 5.74) is 3.70. The van der Waals surface area contributed by atoms with E-state index >= 15 is 0 Å². The highest BCUT2D eigenvalue weighted by Crippen LogP contribution is 2.10. The molecule has 19 heavy (non-hydrogen) atoms. The van der Waals surface area contributed by atoms with Gasteiger partial charge in [0.2, 0.25) is 5.91 Å². The quantitative estimate of drug-likeness (QED) is 0.793. The maximum Gasteiger partial charge on any atom is 0.220 e. The first-order valence-electron chi connectivity index (χ1n) is 6.96. The second-order valence-electron chi connectivity index (χ2n) is 5.42. The predicted octanol–water partition coefficient (Wildman–Crippen LogP) is 2.37. The van der Waals surface area contributed by atoms with E-state index in [-0.39, 0.29) is 12.5 Å². The molecule has 1 aromatic carbocycles. The van der Waals surface area contributed by atoms with E-state index in [2.05, 4.69) is 37.4 Å². The van der Waals surface area contributed by atoms with Crippen molar-refractivity contribution in [2.24, 2.45) is 5.92 Å². The molecule has 0 heterocycles. The summed E-state index contributed by atoms with van der Waals surface area (Å²) in [5, 5.41) is 11.7. The van der Waals surface area contributed by atoms with Gasteiger partial charge in [-0.15, -0.1) is 0 Å². The number of aliphatic hydroxyl groups excluding tert-OH is 1. The van der Waals surface area contributed by atoms with Crippen LogP contribution in [0.3, 0.4) is 0 Å². The van der Waals surface area contributed by atoms with Gasteiger partial charge in [-0.2, -0.15) is 0 Å². The summed E-state index contributed by atoms with van der Waals surface area (Å²) in [4.78, 5) is 11.7. The molecule has 3 nitrogen and oxygen atoms in total. The first-order chi connectivity index (χ1) is 9.01. The first kappa shape index (κ1) is 15.7. The van der Waals surface area contributed by atoms with Gasteiger partial charge in [0.25, 0.3) is 0 Å². The highest BCUT2D eigenvalue weighted by atomic mass is 16.3. The number of carbonyl (C=O) groups excluding carboxylic acids is 1. The molecule has 0 aliphatic rings. The summed E-state index contributed by atoms with van der Waals surface area (Å²) in [6.45, 7) is 7.01. The summed E-state index contributed by atoms with van der Waals surface area (Å²) in [6.07, 6.45) is 2.04. The minimum absolute atomic E-state index is 0.0870. The van der Waals surface area contributed by atoms with Crippen molar-refractivity contribution in [1.82, 2.24) is 5.32 Å². The molecular weight excluding hydrogens is 238 g/mol. The molecule has 0 saturated carbocycles. The minimum Gasteiger partial charge on any atom is -0.396 e. The van der Waals surface area contributed by atoms with E-state index in [1.54, 1.807) is 0 Å². The average Bonchev–Trinajstić information content (AvgIpc) is 2.33. The van der Waals surface area contributed by atoms with Crippen LogP contribution in [0, 0.1) is 19.8 Å². The second kappa shape index (κ2) is 7.95. The number of aliphatic hydroxyl groups is 1. The Morgan fingerprint density at radius 3 is 2.47 bits per heavy atom. The van der Waals surface area contributed by atoms with Crippen molar-refractivity contribution in [2.45, 2.75) is 40.0 Å². The molecule has 0 aromatic heterocycles. The number of carbonyl (C=O) groups is 1. The first-order valence-corrected chi connectivity index (χ1v) is 6.96. The molecule has 1 amide bonds. The SMILES string of the molecule is Cc1cc(C)cc(CCC(=O)NCC(C)CCO)c1. The van der Waals surface area contributed by atoms with Gasteiger partial charge in [-0.05, 0) is 38.2 Å². The smallest absolute Gasteiger partial charge is 0.220 e. The van der Waals surface area contributed by atoms with E-state index in [4.69, 9.17) is 5.11 Å². The van der Waals surface area contributed by atoms with Gasteiger partial charge in [0.1, 0.15) is 0 Å². The molecule has 0 saturated heterocycles. The Balaban J connectivity index is 2.33. The van der Waals surface area contributed by atoms with E-state index in [0.29, 0.717) is 18.9 Å². The Morgan fingerprint density at radius 1 is 1.26 bits per heavy atom. The third-order valence-corrected chi connectivity index (χ3v) is 3.19. The number of amides is 1. The van der Waals surface area contributed by atoms with Gasteiger partial charge >= 0.3 is 0 Å². The van der Waals surface area contributed by atoms with Gasteiger partial charge in [-0.1, -0.05) is 36.2 Å². The molecule has 1 atom stereocenters. The third kappa shape index (κ3) is 6.39. The highest BCUT2D eigenvalue weighted by molar-refractivity contribution is 5.76. The molecule has 0 spiro atoms. The van der Waals surface area contributed by atoms with Crippen molar-refractivity contribution in [2.75, 3.05) is 13.2 Å². The van der Waals surface area contributed by atoms with Crippen LogP contribution in [0.25, 0.3) is 0 Å². The zero-order valence-corrected chi connectivity index (χ0v) is 12.2. The number of hydrogen-bond donors (Lipinski definition) is 2. The number of aryl methyl sites for hydroxylation is 3. The lowest BCUT2D eigenvalue weighted by Gasteiger charge is -2.11. The van der Waals surface area contributed by atoms with Gasteiger partial charge in [-0.3, -0.25) is 4.79 Å². The Hall–Kier alpha value is -1.35. The number of rotatable bonds is 7. The molecule has 106 valence electrons. The lowest BCUT2D eigenvalue weighted by Crippen LogP contribution is -2.28. The van der Waals surface area contributed by atoms with Crippen LogP contribution in [0.2, 0.25) is 0 Å². The molecule has 0 fully saturated rings. The Bertz CT molecular complexity index is 395.